The average molecular weight is 141 g/mol. The molecule has 0 saturated heterocycles. The molecule has 0 aromatic carbocycles. The predicted octanol–water partition coefficient (Wildman–Crippen LogP) is -0.816. The Bertz CT molecular complexity index is 280. The maximum absolute atomic E-state index is 10.8. The fourth-order valence-electron chi connectivity index (χ4n) is 0.553. The van der Waals surface area contributed by atoms with Gasteiger partial charge >= 0.3 is 6.01 Å². The number of hydrogen-bond donors (Lipinski definition) is 0. The number of nitrogens with zero attached hydrogens (tertiary/aromatic N) is 3. The molecule has 0 atom stereocenters. The minimum Gasteiger partial charge on any atom is -0.467 e. The zero-order chi connectivity index (χ0) is 7.56. The van der Waals surface area contributed by atoms with Gasteiger partial charge in [0, 0.05) is 7.05 Å². The highest BCUT2D eigenvalue weighted by molar-refractivity contribution is 4.91. The highest BCUT2D eigenvalue weighted by Gasteiger charge is 1.98. The molecule has 1 aromatic rings. The Morgan fingerprint density at radius 3 is 2.90 bits per heavy atom. The van der Waals surface area contributed by atoms with Crippen LogP contribution in [0, 0.1) is 0 Å². The fraction of sp³-hybridized carbons (Fsp3) is 0.400. The van der Waals surface area contributed by atoms with Crippen molar-refractivity contribution in [1.82, 2.24) is 14.8 Å². The van der Waals surface area contributed by atoms with E-state index in [4.69, 9.17) is 4.74 Å². The van der Waals surface area contributed by atoms with Crippen LogP contribution < -0.4 is 10.3 Å². The molecule has 0 spiro atoms. The zero-order valence-corrected chi connectivity index (χ0v) is 5.74. The van der Waals surface area contributed by atoms with E-state index in [2.05, 4.69) is 10.2 Å². The molecule has 0 N–H and O–H groups in total. The van der Waals surface area contributed by atoms with Crippen LogP contribution in [0.3, 0.4) is 0 Å². The van der Waals surface area contributed by atoms with Crippen molar-refractivity contribution in [2.24, 2.45) is 7.05 Å². The Labute approximate surface area is 57.3 Å². The molecule has 0 aliphatic carbocycles. The van der Waals surface area contributed by atoms with Crippen molar-refractivity contribution in [2.45, 2.75) is 0 Å². The molecule has 10 heavy (non-hydrogen) atoms. The first-order chi connectivity index (χ1) is 4.75. The average Bonchev–Trinajstić information content (AvgIpc) is 1.95. The zero-order valence-electron chi connectivity index (χ0n) is 5.74. The second kappa shape index (κ2) is 2.47. The molecule has 5 nitrogen and oxygen atoms in total. The van der Waals surface area contributed by atoms with Crippen molar-refractivity contribution >= 4 is 0 Å². The molecule has 5 heteroatoms. The molecule has 0 saturated carbocycles. The van der Waals surface area contributed by atoms with Gasteiger partial charge in [0.25, 0.3) is 5.56 Å². The lowest BCUT2D eigenvalue weighted by molar-refractivity contribution is 0.349. The summed E-state index contributed by atoms with van der Waals surface area (Å²) in [4.78, 5) is 10.8. The van der Waals surface area contributed by atoms with Crippen molar-refractivity contribution in [1.29, 1.82) is 0 Å². The lowest BCUT2D eigenvalue weighted by atomic mass is 10.8. The van der Waals surface area contributed by atoms with E-state index in [1.807, 2.05) is 0 Å². The van der Waals surface area contributed by atoms with Gasteiger partial charge in [0.1, 0.15) is 6.20 Å². The Kier molecular flexibility index (Phi) is 1.66. The van der Waals surface area contributed by atoms with E-state index in [0.29, 0.717) is 0 Å². The molecule has 0 aliphatic heterocycles. The summed E-state index contributed by atoms with van der Waals surface area (Å²) < 4.78 is 5.99. The van der Waals surface area contributed by atoms with E-state index in [0.717, 1.165) is 6.20 Å². The van der Waals surface area contributed by atoms with Crippen LogP contribution in [-0.4, -0.2) is 21.9 Å². The fourth-order valence-corrected chi connectivity index (χ4v) is 0.553. The van der Waals surface area contributed by atoms with Crippen molar-refractivity contribution in [3.05, 3.63) is 16.6 Å². The molecule has 0 radical (unpaired) electrons. The van der Waals surface area contributed by atoms with E-state index >= 15 is 0 Å². The SMILES string of the molecule is COc1nncc(=O)n1C. The van der Waals surface area contributed by atoms with Crippen LogP contribution in [-0.2, 0) is 7.05 Å². The first kappa shape index (κ1) is 6.73. The van der Waals surface area contributed by atoms with Crippen molar-refractivity contribution in [3.63, 3.8) is 0 Å². The molecule has 0 bridgehead atoms. The van der Waals surface area contributed by atoms with Crippen LogP contribution >= 0.6 is 0 Å². The third kappa shape index (κ3) is 0.975. The molecule has 1 rings (SSSR count). The van der Waals surface area contributed by atoms with E-state index in [1.54, 1.807) is 7.05 Å². The summed E-state index contributed by atoms with van der Waals surface area (Å²) in [5.74, 6) is 0. The van der Waals surface area contributed by atoms with Gasteiger partial charge in [0.05, 0.1) is 7.11 Å². The van der Waals surface area contributed by atoms with Crippen LogP contribution in [0.1, 0.15) is 0 Å². The Morgan fingerprint density at radius 1 is 1.70 bits per heavy atom. The van der Waals surface area contributed by atoms with Gasteiger partial charge in [0.2, 0.25) is 0 Å². The Hall–Kier alpha value is -1.39. The monoisotopic (exact) mass is 141 g/mol. The summed E-state index contributed by atoms with van der Waals surface area (Å²) in [7, 11) is 3.00. The molecule has 54 valence electrons. The summed E-state index contributed by atoms with van der Waals surface area (Å²) >= 11 is 0. The normalized spacial score (nSPS) is 9.40. The van der Waals surface area contributed by atoms with Crippen molar-refractivity contribution in [3.8, 4) is 6.01 Å². The molecule has 0 amide bonds. The quantitative estimate of drug-likeness (QED) is 0.513. The van der Waals surface area contributed by atoms with Crippen LogP contribution in [0.15, 0.2) is 11.0 Å². The minimum absolute atomic E-state index is 0.215. The largest absolute Gasteiger partial charge is 0.467 e. The predicted molar refractivity (Wildman–Crippen MR) is 33.8 cm³/mol. The maximum Gasteiger partial charge on any atom is 0.317 e. The third-order valence-corrected chi connectivity index (χ3v) is 1.11. The van der Waals surface area contributed by atoms with Crippen molar-refractivity contribution in [2.75, 3.05) is 7.11 Å². The standard InChI is InChI=1S/C5H7N3O2/c1-8-4(9)3-6-7-5(8)10-2/h3H,1-2H3. The minimum atomic E-state index is -0.230. The summed E-state index contributed by atoms with van der Waals surface area (Å²) in [6.45, 7) is 0. The summed E-state index contributed by atoms with van der Waals surface area (Å²) in [6.07, 6.45) is 1.13. The first-order valence-electron chi connectivity index (χ1n) is 2.68. The van der Waals surface area contributed by atoms with Crippen molar-refractivity contribution < 1.29 is 4.74 Å². The van der Waals surface area contributed by atoms with Gasteiger partial charge in [0.15, 0.2) is 0 Å². The second-order valence-electron chi connectivity index (χ2n) is 1.73. The van der Waals surface area contributed by atoms with Gasteiger partial charge in [-0.1, -0.05) is 5.10 Å². The Balaban J connectivity index is 3.28. The van der Waals surface area contributed by atoms with E-state index < -0.39 is 0 Å². The van der Waals surface area contributed by atoms with Gasteiger partial charge in [-0.3, -0.25) is 9.36 Å². The summed E-state index contributed by atoms with van der Waals surface area (Å²) in [5, 5.41) is 6.96. The Morgan fingerprint density at radius 2 is 2.40 bits per heavy atom. The lowest BCUT2D eigenvalue weighted by Gasteiger charge is -2.00. The van der Waals surface area contributed by atoms with Gasteiger partial charge in [-0.15, -0.1) is 5.10 Å². The van der Waals surface area contributed by atoms with Crippen LogP contribution in [0.4, 0.5) is 0 Å². The van der Waals surface area contributed by atoms with Gasteiger partial charge in [-0.25, -0.2) is 0 Å². The first-order valence-corrected chi connectivity index (χ1v) is 2.68. The summed E-state index contributed by atoms with van der Waals surface area (Å²) in [5.41, 5.74) is -0.230. The van der Waals surface area contributed by atoms with Gasteiger partial charge < -0.3 is 4.74 Å². The number of methoxy groups -OCH3 is 1. The van der Waals surface area contributed by atoms with Crippen LogP contribution in [0.25, 0.3) is 0 Å². The highest BCUT2D eigenvalue weighted by Crippen LogP contribution is 1.93. The molecule has 0 fully saturated rings. The second-order valence-corrected chi connectivity index (χ2v) is 1.73. The van der Waals surface area contributed by atoms with Crippen LogP contribution in [0.5, 0.6) is 6.01 Å². The third-order valence-electron chi connectivity index (χ3n) is 1.11. The van der Waals surface area contributed by atoms with Crippen LogP contribution in [0.2, 0.25) is 0 Å². The lowest BCUT2D eigenvalue weighted by Crippen LogP contribution is -2.19. The van der Waals surface area contributed by atoms with E-state index in [9.17, 15) is 4.79 Å². The number of hydrogen-bond acceptors (Lipinski definition) is 4. The summed E-state index contributed by atoms with van der Waals surface area (Å²) in [6, 6.07) is 0.215. The molecule has 1 heterocycles. The van der Waals surface area contributed by atoms with Gasteiger partial charge in [-0.05, 0) is 0 Å². The number of aromatic nitrogens is 3. The van der Waals surface area contributed by atoms with E-state index in [1.165, 1.54) is 11.7 Å². The molecular weight excluding hydrogens is 134 g/mol. The smallest absolute Gasteiger partial charge is 0.317 e. The number of ether oxygens (including phenoxy) is 1. The maximum atomic E-state index is 10.8. The van der Waals surface area contributed by atoms with Gasteiger partial charge in [-0.2, -0.15) is 0 Å². The molecule has 0 unspecified atom stereocenters. The highest BCUT2D eigenvalue weighted by atomic mass is 16.5. The van der Waals surface area contributed by atoms with E-state index in [-0.39, 0.29) is 11.6 Å². The molecular formula is C5H7N3O2. The molecule has 0 aliphatic rings. The molecule has 1 aromatic heterocycles. The number of rotatable bonds is 1. The topological polar surface area (TPSA) is 57.0 Å².